The zero-order chi connectivity index (χ0) is 23.5. The number of carbonyl (C=O) groups excluding carboxylic acids is 1. The summed E-state index contributed by atoms with van der Waals surface area (Å²) < 4.78 is 5.92. The molecule has 0 fully saturated rings. The molecule has 0 radical (unpaired) electrons. The molecule has 32 heavy (non-hydrogen) atoms. The summed E-state index contributed by atoms with van der Waals surface area (Å²) in [6, 6.07) is 16.9. The first-order valence-corrected chi connectivity index (χ1v) is 10.8. The number of hydrogen-bond donors (Lipinski definition) is 2. The maximum atomic E-state index is 13.2. The van der Waals surface area contributed by atoms with Crippen LogP contribution in [0.3, 0.4) is 0 Å². The lowest BCUT2D eigenvalue weighted by Crippen LogP contribution is -2.21. The van der Waals surface area contributed by atoms with Gasteiger partial charge in [-0.15, -0.1) is 0 Å². The number of nitrogens with zero attached hydrogens (tertiary/aromatic N) is 1. The number of benzene rings is 2. The molecule has 2 N–H and O–H groups in total. The number of nitrogens with one attached hydrogen (secondary N) is 1. The first-order chi connectivity index (χ1) is 15.0. The lowest BCUT2D eigenvalue weighted by Gasteiger charge is -2.28. The van der Waals surface area contributed by atoms with E-state index < -0.39 is 0 Å². The summed E-state index contributed by atoms with van der Waals surface area (Å²) >= 11 is 0. The number of pyridine rings is 1. The van der Waals surface area contributed by atoms with E-state index in [0.29, 0.717) is 23.7 Å². The fraction of sp³-hybridized carbons (Fsp3) is 0.333. The molecule has 2 aromatic carbocycles. The van der Waals surface area contributed by atoms with Crippen molar-refractivity contribution in [1.82, 2.24) is 4.98 Å². The van der Waals surface area contributed by atoms with E-state index in [2.05, 4.69) is 10.3 Å². The van der Waals surface area contributed by atoms with Crippen molar-refractivity contribution >= 4 is 11.7 Å². The molecule has 3 aromatic rings. The Kier molecular flexibility index (Phi) is 6.58. The number of carbonyl (C=O) groups is 1. The van der Waals surface area contributed by atoms with Gasteiger partial charge in [0.25, 0.3) is 5.91 Å². The van der Waals surface area contributed by atoms with Crippen LogP contribution in [-0.4, -0.2) is 16.0 Å². The number of anilines is 1. The molecule has 168 valence electrons. The van der Waals surface area contributed by atoms with Gasteiger partial charge in [0.15, 0.2) is 11.6 Å². The second-order valence-electron chi connectivity index (χ2n) is 10.00. The predicted octanol–water partition coefficient (Wildman–Crippen LogP) is 6.21. The Morgan fingerprint density at radius 1 is 0.938 bits per heavy atom. The average molecular weight is 433 g/mol. The molecule has 0 saturated heterocycles. The van der Waals surface area contributed by atoms with Gasteiger partial charge in [-0.05, 0) is 40.7 Å². The van der Waals surface area contributed by atoms with Crippen LogP contribution in [0.25, 0.3) is 0 Å². The monoisotopic (exact) mass is 432 g/mol. The number of amides is 1. The molecule has 1 amide bonds. The highest BCUT2D eigenvalue weighted by Crippen LogP contribution is 2.40. The van der Waals surface area contributed by atoms with Crippen LogP contribution in [0.5, 0.6) is 11.5 Å². The van der Waals surface area contributed by atoms with E-state index in [4.69, 9.17) is 4.74 Å². The first-order valence-electron chi connectivity index (χ1n) is 10.8. The number of phenolic OH excluding ortho intramolecular Hbond substituents is 1. The average Bonchev–Trinajstić information content (AvgIpc) is 2.72. The Morgan fingerprint density at radius 2 is 1.53 bits per heavy atom. The molecular weight excluding hydrogens is 400 g/mol. The number of aromatic nitrogens is 1. The number of hydrogen-bond acceptors (Lipinski definition) is 4. The third-order valence-electron chi connectivity index (χ3n) is 5.23. The maximum absolute atomic E-state index is 13.2. The standard InChI is InChI=1S/C27H32N2O3/c1-26(2,3)20-15-19(16-21(23(20)30)27(4,5)6)25(31)29-24-22(13-10-14-28-24)32-17-18-11-8-7-9-12-18/h7-16,30H,17H2,1-6H3,(H,28,29,31). The summed E-state index contributed by atoms with van der Waals surface area (Å²) in [6.45, 7) is 12.5. The smallest absolute Gasteiger partial charge is 0.256 e. The highest BCUT2D eigenvalue weighted by atomic mass is 16.5. The largest absolute Gasteiger partial charge is 0.507 e. The number of aromatic hydroxyl groups is 1. The van der Waals surface area contributed by atoms with Gasteiger partial charge in [0.2, 0.25) is 0 Å². The Labute approximate surface area is 190 Å². The van der Waals surface area contributed by atoms with Crippen LogP contribution >= 0.6 is 0 Å². The molecule has 1 aromatic heterocycles. The van der Waals surface area contributed by atoms with Crippen LogP contribution in [0.1, 0.15) is 68.6 Å². The fourth-order valence-electron chi connectivity index (χ4n) is 3.42. The second kappa shape index (κ2) is 9.03. The molecule has 0 aliphatic carbocycles. The van der Waals surface area contributed by atoms with Crippen molar-refractivity contribution in [3.63, 3.8) is 0 Å². The van der Waals surface area contributed by atoms with Gasteiger partial charge in [-0.2, -0.15) is 0 Å². The quantitative estimate of drug-likeness (QED) is 0.502. The Bertz CT molecular complexity index is 1060. The van der Waals surface area contributed by atoms with E-state index in [1.54, 1.807) is 30.5 Å². The molecule has 5 heteroatoms. The lowest BCUT2D eigenvalue weighted by atomic mass is 9.78. The summed E-state index contributed by atoms with van der Waals surface area (Å²) in [7, 11) is 0. The van der Waals surface area contributed by atoms with Gasteiger partial charge in [-0.25, -0.2) is 4.98 Å². The molecule has 5 nitrogen and oxygen atoms in total. The third-order valence-corrected chi connectivity index (χ3v) is 5.23. The van der Waals surface area contributed by atoms with E-state index in [1.165, 1.54) is 0 Å². The van der Waals surface area contributed by atoms with Crippen LogP contribution in [0, 0.1) is 0 Å². The minimum atomic E-state index is -0.324. The second-order valence-corrected chi connectivity index (χ2v) is 10.00. The molecular formula is C27H32N2O3. The van der Waals surface area contributed by atoms with E-state index >= 15 is 0 Å². The zero-order valence-electron chi connectivity index (χ0n) is 19.7. The van der Waals surface area contributed by atoms with Crippen molar-refractivity contribution in [1.29, 1.82) is 0 Å². The molecule has 0 atom stereocenters. The van der Waals surface area contributed by atoms with Crippen molar-refractivity contribution in [3.05, 3.63) is 83.0 Å². The van der Waals surface area contributed by atoms with Gasteiger partial charge >= 0.3 is 0 Å². The molecule has 0 unspecified atom stereocenters. The number of ether oxygens (including phenoxy) is 1. The summed E-state index contributed by atoms with van der Waals surface area (Å²) in [4.78, 5) is 17.5. The van der Waals surface area contributed by atoms with Crippen molar-refractivity contribution < 1.29 is 14.6 Å². The topological polar surface area (TPSA) is 71.5 Å². The summed E-state index contributed by atoms with van der Waals surface area (Å²) in [5, 5.41) is 13.8. The molecule has 0 aliphatic heterocycles. The molecule has 1 heterocycles. The fourth-order valence-corrected chi connectivity index (χ4v) is 3.42. The maximum Gasteiger partial charge on any atom is 0.256 e. The number of phenols is 1. The molecule has 0 spiro atoms. The molecule has 0 aliphatic rings. The van der Waals surface area contributed by atoms with Gasteiger partial charge in [-0.1, -0.05) is 71.9 Å². The first kappa shape index (κ1) is 23.3. The summed E-state index contributed by atoms with van der Waals surface area (Å²) in [6.07, 6.45) is 1.61. The highest BCUT2D eigenvalue weighted by Gasteiger charge is 2.28. The molecule has 3 rings (SSSR count). The highest BCUT2D eigenvalue weighted by molar-refractivity contribution is 6.05. The van der Waals surface area contributed by atoms with E-state index in [-0.39, 0.29) is 22.5 Å². The molecule has 0 bridgehead atoms. The zero-order valence-corrected chi connectivity index (χ0v) is 19.7. The van der Waals surface area contributed by atoms with Gasteiger partial charge < -0.3 is 15.2 Å². The molecule has 0 saturated carbocycles. The van der Waals surface area contributed by atoms with Gasteiger partial charge in [-0.3, -0.25) is 4.79 Å². The number of rotatable bonds is 5. The van der Waals surface area contributed by atoms with Crippen LogP contribution in [0.4, 0.5) is 5.82 Å². The minimum absolute atomic E-state index is 0.242. The Hall–Kier alpha value is -3.34. The van der Waals surface area contributed by atoms with Crippen LogP contribution in [0.2, 0.25) is 0 Å². The van der Waals surface area contributed by atoms with E-state index in [9.17, 15) is 9.90 Å². The Balaban J connectivity index is 1.91. The van der Waals surface area contributed by atoms with E-state index in [1.807, 2.05) is 71.9 Å². The van der Waals surface area contributed by atoms with Crippen LogP contribution < -0.4 is 10.1 Å². The SMILES string of the molecule is CC(C)(C)c1cc(C(=O)Nc2ncccc2OCc2ccccc2)cc(C(C)(C)C)c1O. The third kappa shape index (κ3) is 5.47. The van der Waals surface area contributed by atoms with Crippen LogP contribution in [-0.2, 0) is 17.4 Å². The summed E-state index contributed by atoms with van der Waals surface area (Å²) in [5.74, 6) is 0.794. The predicted molar refractivity (Wildman–Crippen MR) is 128 cm³/mol. The lowest BCUT2D eigenvalue weighted by molar-refractivity contribution is 0.102. The summed E-state index contributed by atoms with van der Waals surface area (Å²) in [5.41, 5.74) is 2.31. The van der Waals surface area contributed by atoms with Crippen molar-refractivity contribution in [2.24, 2.45) is 0 Å². The van der Waals surface area contributed by atoms with Gasteiger partial charge in [0, 0.05) is 22.9 Å². The van der Waals surface area contributed by atoms with Crippen molar-refractivity contribution in [2.45, 2.75) is 59.0 Å². The van der Waals surface area contributed by atoms with Gasteiger partial charge in [0.05, 0.1) is 0 Å². The van der Waals surface area contributed by atoms with Crippen LogP contribution in [0.15, 0.2) is 60.8 Å². The van der Waals surface area contributed by atoms with Crippen molar-refractivity contribution in [3.8, 4) is 11.5 Å². The normalized spacial score (nSPS) is 11.8. The van der Waals surface area contributed by atoms with Gasteiger partial charge in [0.1, 0.15) is 12.4 Å². The Morgan fingerprint density at radius 3 is 2.09 bits per heavy atom. The van der Waals surface area contributed by atoms with E-state index in [0.717, 1.165) is 16.7 Å². The minimum Gasteiger partial charge on any atom is -0.507 e. The van der Waals surface area contributed by atoms with Crippen molar-refractivity contribution in [2.75, 3.05) is 5.32 Å².